The summed E-state index contributed by atoms with van der Waals surface area (Å²) in [5, 5.41) is 10.5. The first kappa shape index (κ1) is 30.0. The number of aliphatic hydroxyl groups excluding tert-OH is 1. The molecule has 4 rings (SSSR count). The molecule has 7 atom stereocenters. The zero-order valence-corrected chi connectivity index (χ0v) is 23.9. The molecule has 3 aliphatic rings. The van der Waals surface area contributed by atoms with Crippen LogP contribution in [0, 0.1) is 17.8 Å². The number of rotatable bonds is 15. The molecule has 2 bridgehead atoms. The predicted molar refractivity (Wildman–Crippen MR) is 152 cm³/mol. The standard InChI is InChI=1S/C32H44N2O6/c1-5-8-9-13-19-39-31(38)26-25-16-17-32(40-25)27(26)29(36)34(24(21-35)22(4)7-3)28(32)30(37)33(18-6-2)20-23-14-11-10-12-15-23/h5-6,10-12,14-15,22,24-28,35H,1-2,7-9,13,16-21H2,3-4H3/t22-,24-,25+,26-,27-,28?,32?/m0/s1. The van der Waals surface area contributed by atoms with E-state index < -0.39 is 41.6 Å². The van der Waals surface area contributed by atoms with Crippen LogP contribution in [-0.2, 0) is 30.4 Å². The molecule has 40 heavy (non-hydrogen) atoms. The molecular weight excluding hydrogens is 508 g/mol. The monoisotopic (exact) mass is 552 g/mol. The van der Waals surface area contributed by atoms with Crippen molar-refractivity contribution in [1.82, 2.24) is 9.80 Å². The highest BCUT2D eigenvalue weighted by molar-refractivity contribution is 5.98. The number of likely N-dealkylation sites (tertiary alicyclic amines) is 1. The molecule has 0 aromatic heterocycles. The van der Waals surface area contributed by atoms with Crippen LogP contribution in [-0.4, -0.2) is 76.2 Å². The number of unbranched alkanes of at least 4 members (excludes halogenated alkanes) is 2. The zero-order valence-electron chi connectivity index (χ0n) is 23.9. The van der Waals surface area contributed by atoms with Gasteiger partial charge in [-0.3, -0.25) is 14.4 Å². The lowest BCUT2D eigenvalue weighted by Gasteiger charge is -2.41. The Kier molecular flexibility index (Phi) is 9.85. The second-order valence-electron chi connectivity index (χ2n) is 11.4. The van der Waals surface area contributed by atoms with E-state index in [1.54, 1.807) is 15.9 Å². The minimum Gasteiger partial charge on any atom is -0.465 e. The lowest BCUT2D eigenvalue weighted by molar-refractivity contribution is -0.157. The Morgan fingerprint density at radius 1 is 1.25 bits per heavy atom. The maximum atomic E-state index is 14.5. The molecule has 2 amide bonds. The highest BCUT2D eigenvalue weighted by Gasteiger charge is 2.75. The summed E-state index contributed by atoms with van der Waals surface area (Å²) in [5.74, 6) is -2.63. The number of esters is 1. The van der Waals surface area contributed by atoms with E-state index in [9.17, 15) is 19.5 Å². The lowest BCUT2D eigenvalue weighted by atomic mass is 9.70. The van der Waals surface area contributed by atoms with Gasteiger partial charge in [-0.05, 0) is 43.6 Å². The van der Waals surface area contributed by atoms with Crippen molar-refractivity contribution in [2.24, 2.45) is 17.8 Å². The number of carbonyl (C=O) groups is 3. The summed E-state index contributed by atoms with van der Waals surface area (Å²) in [6.45, 7) is 12.2. The summed E-state index contributed by atoms with van der Waals surface area (Å²) in [6, 6.07) is 8.15. The van der Waals surface area contributed by atoms with Gasteiger partial charge < -0.3 is 24.4 Å². The van der Waals surface area contributed by atoms with Crippen molar-refractivity contribution >= 4 is 17.8 Å². The maximum absolute atomic E-state index is 14.5. The largest absolute Gasteiger partial charge is 0.465 e. The van der Waals surface area contributed by atoms with Crippen LogP contribution in [0.2, 0.25) is 0 Å². The third-order valence-corrected chi connectivity index (χ3v) is 9.01. The Labute approximate surface area is 238 Å². The Morgan fingerprint density at radius 3 is 2.65 bits per heavy atom. The fraction of sp³-hybridized carbons (Fsp3) is 0.594. The Bertz CT molecular complexity index is 1080. The number of hydrogen-bond donors (Lipinski definition) is 1. The maximum Gasteiger partial charge on any atom is 0.312 e. The quantitative estimate of drug-likeness (QED) is 0.202. The molecule has 0 saturated carbocycles. The Balaban J connectivity index is 1.69. The van der Waals surface area contributed by atoms with Crippen LogP contribution in [0.25, 0.3) is 0 Å². The number of amides is 2. The van der Waals surface area contributed by atoms with Crippen LogP contribution in [0.5, 0.6) is 0 Å². The van der Waals surface area contributed by atoms with Gasteiger partial charge in [0.1, 0.15) is 11.6 Å². The molecule has 8 heteroatoms. The molecule has 1 spiro atoms. The van der Waals surface area contributed by atoms with Crippen molar-refractivity contribution in [3.63, 3.8) is 0 Å². The number of benzene rings is 1. The van der Waals surface area contributed by atoms with E-state index in [1.807, 2.05) is 50.3 Å². The topological polar surface area (TPSA) is 96.4 Å². The highest BCUT2D eigenvalue weighted by atomic mass is 16.6. The van der Waals surface area contributed by atoms with Crippen molar-refractivity contribution in [2.75, 3.05) is 19.8 Å². The van der Waals surface area contributed by atoms with Crippen molar-refractivity contribution < 1.29 is 29.0 Å². The van der Waals surface area contributed by atoms with E-state index in [-0.39, 0.29) is 30.9 Å². The second-order valence-corrected chi connectivity index (χ2v) is 11.4. The number of hydrogen-bond acceptors (Lipinski definition) is 6. The van der Waals surface area contributed by atoms with Gasteiger partial charge in [-0.1, -0.05) is 62.8 Å². The first-order valence-corrected chi connectivity index (χ1v) is 14.7. The van der Waals surface area contributed by atoms with Crippen LogP contribution in [0.4, 0.5) is 0 Å². The summed E-state index contributed by atoms with van der Waals surface area (Å²) in [4.78, 5) is 45.4. The smallest absolute Gasteiger partial charge is 0.312 e. The Hall–Kier alpha value is -2.97. The van der Waals surface area contributed by atoms with Gasteiger partial charge in [-0.2, -0.15) is 0 Å². The van der Waals surface area contributed by atoms with Crippen LogP contribution >= 0.6 is 0 Å². The van der Waals surface area contributed by atoms with Gasteiger partial charge >= 0.3 is 5.97 Å². The molecule has 0 radical (unpaired) electrons. The van der Waals surface area contributed by atoms with E-state index >= 15 is 0 Å². The van der Waals surface area contributed by atoms with Gasteiger partial charge in [0, 0.05) is 13.1 Å². The van der Waals surface area contributed by atoms with Crippen molar-refractivity contribution in [3.8, 4) is 0 Å². The first-order valence-electron chi connectivity index (χ1n) is 14.7. The van der Waals surface area contributed by atoms with Crippen LogP contribution in [0.1, 0.15) is 57.9 Å². The molecule has 218 valence electrons. The van der Waals surface area contributed by atoms with E-state index in [0.29, 0.717) is 38.8 Å². The number of aliphatic hydroxyl groups is 1. The molecule has 1 aromatic carbocycles. The molecule has 1 N–H and O–H groups in total. The van der Waals surface area contributed by atoms with Crippen LogP contribution < -0.4 is 0 Å². The average molecular weight is 553 g/mol. The lowest BCUT2D eigenvalue weighted by Crippen LogP contribution is -2.59. The SMILES string of the molecule is C=CCCCCOC(=O)[C@@H]1[C@H]2C(=O)N([C@@H](CO)[C@@H](C)CC)C(C(=O)N(CC=C)Cc3ccccc3)C23CC[C@H]1O3. The fourth-order valence-corrected chi connectivity index (χ4v) is 6.83. The van der Waals surface area contributed by atoms with E-state index in [0.717, 1.165) is 18.4 Å². The van der Waals surface area contributed by atoms with Crippen LogP contribution in [0.3, 0.4) is 0 Å². The first-order chi connectivity index (χ1) is 19.3. The van der Waals surface area contributed by atoms with E-state index in [4.69, 9.17) is 9.47 Å². The third kappa shape index (κ3) is 5.48. The number of ether oxygens (including phenoxy) is 2. The normalized spacial score (nSPS) is 28.2. The van der Waals surface area contributed by atoms with Crippen LogP contribution in [0.15, 0.2) is 55.6 Å². The minimum absolute atomic E-state index is 0.0612. The number of fused-ring (bicyclic) bond motifs is 1. The number of nitrogens with zero attached hydrogens (tertiary/aromatic N) is 2. The van der Waals surface area contributed by atoms with Gasteiger partial charge in [0.25, 0.3) is 0 Å². The number of carbonyl (C=O) groups excluding carboxylic acids is 3. The van der Waals surface area contributed by atoms with Crippen molar-refractivity contribution in [1.29, 1.82) is 0 Å². The van der Waals surface area contributed by atoms with Crippen molar-refractivity contribution in [3.05, 3.63) is 61.2 Å². The molecule has 3 saturated heterocycles. The van der Waals surface area contributed by atoms with Gasteiger partial charge in [0.2, 0.25) is 11.8 Å². The molecule has 8 nitrogen and oxygen atoms in total. The van der Waals surface area contributed by atoms with Gasteiger partial charge in [0.15, 0.2) is 0 Å². The molecular formula is C32H44N2O6. The van der Waals surface area contributed by atoms with E-state index in [1.165, 1.54) is 0 Å². The molecule has 0 aliphatic carbocycles. The summed E-state index contributed by atoms with van der Waals surface area (Å²) in [7, 11) is 0. The summed E-state index contributed by atoms with van der Waals surface area (Å²) >= 11 is 0. The zero-order chi connectivity index (χ0) is 28.9. The second kappa shape index (κ2) is 13.1. The summed E-state index contributed by atoms with van der Waals surface area (Å²) in [6.07, 6.45) is 7.25. The van der Waals surface area contributed by atoms with Gasteiger partial charge in [-0.25, -0.2) is 0 Å². The molecule has 3 fully saturated rings. The number of allylic oxidation sites excluding steroid dienone is 1. The third-order valence-electron chi connectivity index (χ3n) is 9.01. The summed E-state index contributed by atoms with van der Waals surface area (Å²) < 4.78 is 12.2. The fourth-order valence-electron chi connectivity index (χ4n) is 6.83. The predicted octanol–water partition coefficient (Wildman–Crippen LogP) is 3.88. The highest BCUT2D eigenvalue weighted by Crippen LogP contribution is 2.59. The average Bonchev–Trinajstić information content (AvgIpc) is 3.61. The molecule has 3 aliphatic heterocycles. The van der Waals surface area contributed by atoms with E-state index in [2.05, 4.69) is 13.2 Å². The summed E-state index contributed by atoms with van der Waals surface area (Å²) in [5.41, 5.74) is -0.180. The molecule has 1 aromatic rings. The Morgan fingerprint density at radius 2 is 2.00 bits per heavy atom. The van der Waals surface area contributed by atoms with Gasteiger partial charge in [-0.15, -0.1) is 13.2 Å². The van der Waals surface area contributed by atoms with Crippen molar-refractivity contribution in [2.45, 2.75) is 82.7 Å². The van der Waals surface area contributed by atoms with Gasteiger partial charge in [0.05, 0.1) is 37.2 Å². The minimum atomic E-state index is -1.14. The molecule has 3 heterocycles. The molecule has 2 unspecified atom stereocenters.